The summed E-state index contributed by atoms with van der Waals surface area (Å²) in [6.45, 7) is 4.60. The van der Waals surface area contributed by atoms with Gasteiger partial charge in [-0.25, -0.2) is 0 Å². The summed E-state index contributed by atoms with van der Waals surface area (Å²) in [5, 5.41) is 2.87. The van der Waals surface area contributed by atoms with Crippen molar-refractivity contribution in [2.24, 2.45) is 5.73 Å². The van der Waals surface area contributed by atoms with Crippen LogP contribution in [0.5, 0.6) is 0 Å². The number of hydrogen-bond acceptors (Lipinski definition) is 3. The summed E-state index contributed by atoms with van der Waals surface area (Å²) in [4.78, 5) is 16.2. The zero-order valence-corrected chi connectivity index (χ0v) is 11.8. The molecule has 104 valence electrons. The summed E-state index contributed by atoms with van der Waals surface area (Å²) in [5.41, 5.74) is 8.82. The maximum atomic E-state index is 12.1. The molecule has 0 spiro atoms. The first kappa shape index (κ1) is 14.2. The standard InChI is InChI=1S/C16H19N3O/c1-11(2)12-3-5-14(6-4-12)19-16(20)13-7-8-18-15(9-13)10-17/h3-9,11H,10,17H2,1-2H3,(H,19,20). The molecule has 0 atom stereocenters. The van der Waals surface area contributed by atoms with Gasteiger partial charge in [0.25, 0.3) is 5.91 Å². The lowest BCUT2D eigenvalue weighted by atomic mass is 10.0. The van der Waals surface area contributed by atoms with E-state index in [9.17, 15) is 4.79 Å². The van der Waals surface area contributed by atoms with Crippen LogP contribution in [-0.2, 0) is 6.54 Å². The van der Waals surface area contributed by atoms with Gasteiger partial charge in [0.2, 0.25) is 0 Å². The number of anilines is 1. The predicted octanol–water partition coefficient (Wildman–Crippen LogP) is 2.92. The largest absolute Gasteiger partial charge is 0.325 e. The number of benzene rings is 1. The van der Waals surface area contributed by atoms with Crippen molar-refractivity contribution >= 4 is 11.6 Å². The van der Waals surface area contributed by atoms with Gasteiger partial charge in [0, 0.05) is 24.0 Å². The molecule has 4 nitrogen and oxygen atoms in total. The van der Waals surface area contributed by atoms with Crippen LogP contribution in [0.25, 0.3) is 0 Å². The summed E-state index contributed by atoms with van der Waals surface area (Å²) >= 11 is 0. The van der Waals surface area contributed by atoms with Gasteiger partial charge in [-0.05, 0) is 35.7 Å². The van der Waals surface area contributed by atoms with Gasteiger partial charge in [-0.1, -0.05) is 26.0 Å². The maximum absolute atomic E-state index is 12.1. The molecule has 0 aliphatic heterocycles. The van der Waals surface area contributed by atoms with Gasteiger partial charge in [0.1, 0.15) is 0 Å². The number of carbonyl (C=O) groups excluding carboxylic acids is 1. The lowest BCUT2D eigenvalue weighted by Crippen LogP contribution is -2.13. The van der Waals surface area contributed by atoms with E-state index in [0.717, 1.165) is 5.69 Å². The molecule has 4 heteroatoms. The average molecular weight is 269 g/mol. The molecule has 1 amide bonds. The Bertz CT molecular complexity index is 591. The Labute approximate surface area is 119 Å². The maximum Gasteiger partial charge on any atom is 0.255 e. The van der Waals surface area contributed by atoms with Crippen molar-refractivity contribution in [1.82, 2.24) is 4.98 Å². The smallest absolute Gasteiger partial charge is 0.255 e. The fourth-order valence-corrected chi connectivity index (χ4v) is 1.89. The number of carbonyl (C=O) groups is 1. The molecule has 0 unspecified atom stereocenters. The van der Waals surface area contributed by atoms with E-state index in [-0.39, 0.29) is 5.91 Å². The normalized spacial score (nSPS) is 10.6. The zero-order valence-electron chi connectivity index (χ0n) is 11.8. The highest BCUT2D eigenvalue weighted by molar-refractivity contribution is 6.04. The van der Waals surface area contributed by atoms with Crippen molar-refractivity contribution in [2.75, 3.05) is 5.32 Å². The average Bonchev–Trinajstić information content (AvgIpc) is 2.47. The molecular formula is C16H19N3O. The van der Waals surface area contributed by atoms with Gasteiger partial charge in [-0.15, -0.1) is 0 Å². The van der Waals surface area contributed by atoms with Crippen LogP contribution < -0.4 is 11.1 Å². The third kappa shape index (κ3) is 3.42. The molecule has 0 radical (unpaired) electrons. The molecular weight excluding hydrogens is 250 g/mol. The third-order valence-corrected chi connectivity index (χ3v) is 3.12. The molecule has 0 bridgehead atoms. The van der Waals surface area contributed by atoms with Crippen molar-refractivity contribution in [2.45, 2.75) is 26.3 Å². The van der Waals surface area contributed by atoms with Crippen LogP contribution in [-0.4, -0.2) is 10.9 Å². The molecule has 0 aliphatic carbocycles. The first-order valence-corrected chi connectivity index (χ1v) is 6.66. The van der Waals surface area contributed by atoms with E-state index in [0.29, 0.717) is 23.7 Å². The minimum Gasteiger partial charge on any atom is -0.325 e. The summed E-state index contributed by atoms with van der Waals surface area (Å²) < 4.78 is 0. The fraction of sp³-hybridized carbons (Fsp3) is 0.250. The number of nitrogens with zero attached hydrogens (tertiary/aromatic N) is 1. The second-order valence-corrected chi connectivity index (χ2v) is 4.97. The van der Waals surface area contributed by atoms with Gasteiger partial charge in [0.05, 0.1) is 5.69 Å². The van der Waals surface area contributed by atoms with Gasteiger partial charge in [0.15, 0.2) is 0 Å². The van der Waals surface area contributed by atoms with Crippen LogP contribution in [0, 0.1) is 0 Å². The van der Waals surface area contributed by atoms with Crippen molar-refractivity contribution in [1.29, 1.82) is 0 Å². The van der Waals surface area contributed by atoms with Crippen LogP contribution >= 0.6 is 0 Å². The molecule has 0 saturated carbocycles. The highest BCUT2D eigenvalue weighted by Crippen LogP contribution is 2.17. The number of pyridine rings is 1. The fourth-order valence-electron chi connectivity index (χ4n) is 1.89. The van der Waals surface area contributed by atoms with E-state index >= 15 is 0 Å². The highest BCUT2D eigenvalue weighted by Gasteiger charge is 2.07. The lowest BCUT2D eigenvalue weighted by molar-refractivity contribution is 0.102. The third-order valence-electron chi connectivity index (χ3n) is 3.12. The Morgan fingerprint density at radius 1 is 1.25 bits per heavy atom. The van der Waals surface area contributed by atoms with Crippen LogP contribution in [0.1, 0.15) is 41.4 Å². The summed E-state index contributed by atoms with van der Waals surface area (Å²) in [5.74, 6) is 0.325. The number of nitrogens with two attached hydrogens (primary N) is 1. The van der Waals surface area contributed by atoms with Crippen molar-refractivity contribution in [3.05, 3.63) is 59.4 Å². The Balaban J connectivity index is 2.10. The molecule has 1 heterocycles. The molecule has 3 N–H and O–H groups in total. The van der Waals surface area contributed by atoms with Gasteiger partial charge in [-0.2, -0.15) is 0 Å². The lowest BCUT2D eigenvalue weighted by Gasteiger charge is -2.09. The summed E-state index contributed by atoms with van der Waals surface area (Å²) in [6, 6.07) is 11.3. The van der Waals surface area contributed by atoms with Crippen LogP contribution in [0.3, 0.4) is 0 Å². The molecule has 20 heavy (non-hydrogen) atoms. The number of rotatable bonds is 4. The topological polar surface area (TPSA) is 68.0 Å². The first-order chi connectivity index (χ1) is 9.60. The van der Waals surface area contributed by atoms with E-state index in [1.165, 1.54) is 5.56 Å². The predicted molar refractivity (Wildman–Crippen MR) is 80.6 cm³/mol. The zero-order chi connectivity index (χ0) is 14.5. The monoisotopic (exact) mass is 269 g/mol. The Morgan fingerprint density at radius 3 is 2.55 bits per heavy atom. The van der Waals surface area contributed by atoms with Crippen molar-refractivity contribution < 1.29 is 4.79 Å². The van der Waals surface area contributed by atoms with Crippen LogP contribution in [0.15, 0.2) is 42.6 Å². The van der Waals surface area contributed by atoms with Crippen molar-refractivity contribution in [3.8, 4) is 0 Å². The van der Waals surface area contributed by atoms with Crippen LogP contribution in [0.2, 0.25) is 0 Å². The van der Waals surface area contributed by atoms with Crippen molar-refractivity contribution in [3.63, 3.8) is 0 Å². The number of nitrogens with one attached hydrogen (secondary N) is 1. The number of hydrogen-bond donors (Lipinski definition) is 2. The summed E-state index contributed by atoms with van der Waals surface area (Å²) in [7, 11) is 0. The molecule has 0 aliphatic rings. The quantitative estimate of drug-likeness (QED) is 0.896. The molecule has 2 rings (SSSR count). The van der Waals surface area contributed by atoms with Gasteiger partial charge in [-0.3, -0.25) is 9.78 Å². The Morgan fingerprint density at radius 2 is 1.95 bits per heavy atom. The highest BCUT2D eigenvalue weighted by atomic mass is 16.1. The SMILES string of the molecule is CC(C)c1ccc(NC(=O)c2ccnc(CN)c2)cc1. The molecule has 1 aromatic carbocycles. The number of aromatic nitrogens is 1. The molecule has 0 fully saturated rings. The van der Waals surface area contributed by atoms with E-state index in [1.54, 1.807) is 18.3 Å². The molecule has 0 saturated heterocycles. The second kappa shape index (κ2) is 6.30. The summed E-state index contributed by atoms with van der Waals surface area (Å²) in [6.07, 6.45) is 1.60. The van der Waals surface area contributed by atoms with E-state index in [4.69, 9.17) is 5.73 Å². The van der Waals surface area contributed by atoms with E-state index in [2.05, 4.69) is 24.1 Å². The second-order valence-electron chi connectivity index (χ2n) is 4.97. The van der Waals surface area contributed by atoms with Gasteiger partial charge >= 0.3 is 0 Å². The first-order valence-electron chi connectivity index (χ1n) is 6.66. The van der Waals surface area contributed by atoms with Gasteiger partial charge < -0.3 is 11.1 Å². The van der Waals surface area contributed by atoms with E-state index in [1.807, 2.05) is 24.3 Å². The number of amides is 1. The Kier molecular flexibility index (Phi) is 4.48. The minimum absolute atomic E-state index is 0.153. The molecule has 2 aromatic rings. The Hall–Kier alpha value is -2.20. The molecule has 1 aromatic heterocycles. The van der Waals surface area contributed by atoms with E-state index < -0.39 is 0 Å². The minimum atomic E-state index is -0.153. The van der Waals surface area contributed by atoms with Crippen LogP contribution in [0.4, 0.5) is 5.69 Å².